The quantitative estimate of drug-likeness (QED) is 0.653. The molecule has 0 atom stereocenters. The molecular formula is C19H20F3N5O2. The highest BCUT2D eigenvalue weighted by molar-refractivity contribution is 5.95. The minimum atomic E-state index is -4.37. The number of carbonyl (C=O) groups is 1. The highest BCUT2D eigenvalue weighted by atomic mass is 19.4. The van der Waals surface area contributed by atoms with Crippen molar-refractivity contribution in [2.75, 3.05) is 23.8 Å². The van der Waals surface area contributed by atoms with Gasteiger partial charge in [0.2, 0.25) is 5.88 Å². The fourth-order valence-electron chi connectivity index (χ4n) is 2.91. The van der Waals surface area contributed by atoms with Gasteiger partial charge in [0.1, 0.15) is 6.54 Å². The fourth-order valence-corrected chi connectivity index (χ4v) is 2.91. The lowest BCUT2D eigenvalue weighted by atomic mass is 10.2. The standard InChI is InChI=1S/C19H20F3N5O2/c1-11-8-12(2)24-17-16(11)18(26-27(17)3)29-9-15(28)25-14-7-5-4-6-13(14)23-10-19(20,21)22/h4-8,23H,9-10H2,1-3H3,(H,25,28). The van der Waals surface area contributed by atoms with Crippen LogP contribution in [0.5, 0.6) is 5.88 Å². The monoisotopic (exact) mass is 407 g/mol. The largest absolute Gasteiger partial charge is 0.466 e. The number of anilines is 2. The van der Waals surface area contributed by atoms with Crippen LogP contribution >= 0.6 is 0 Å². The molecule has 0 saturated carbocycles. The number of rotatable bonds is 6. The molecule has 2 aromatic heterocycles. The summed E-state index contributed by atoms with van der Waals surface area (Å²) in [6.07, 6.45) is -4.37. The van der Waals surface area contributed by atoms with Gasteiger partial charge >= 0.3 is 6.18 Å². The summed E-state index contributed by atoms with van der Waals surface area (Å²) >= 11 is 0. The average Bonchev–Trinajstić information content (AvgIpc) is 2.94. The first kappa shape index (κ1) is 20.4. The summed E-state index contributed by atoms with van der Waals surface area (Å²) in [5.41, 5.74) is 2.78. The van der Waals surface area contributed by atoms with E-state index in [1.165, 1.54) is 12.1 Å². The lowest BCUT2D eigenvalue weighted by Gasteiger charge is -2.14. The van der Waals surface area contributed by atoms with Crippen molar-refractivity contribution in [1.29, 1.82) is 0 Å². The Morgan fingerprint density at radius 3 is 2.59 bits per heavy atom. The number of carbonyl (C=O) groups excluding carboxylic acids is 1. The zero-order chi connectivity index (χ0) is 21.2. The molecule has 3 aromatic rings. The Morgan fingerprint density at radius 2 is 1.90 bits per heavy atom. The van der Waals surface area contributed by atoms with Gasteiger partial charge in [0, 0.05) is 12.7 Å². The number of ether oxygens (including phenoxy) is 1. The number of fused-ring (bicyclic) bond motifs is 1. The van der Waals surface area contributed by atoms with Crippen LogP contribution in [0.2, 0.25) is 0 Å². The number of alkyl halides is 3. The van der Waals surface area contributed by atoms with Crippen molar-refractivity contribution in [1.82, 2.24) is 14.8 Å². The molecule has 2 heterocycles. The SMILES string of the molecule is Cc1cc(C)c2c(OCC(=O)Nc3ccccc3NCC(F)(F)F)nn(C)c2n1. The molecule has 0 bridgehead atoms. The van der Waals surface area contributed by atoms with E-state index in [4.69, 9.17) is 4.74 Å². The van der Waals surface area contributed by atoms with Gasteiger partial charge in [-0.3, -0.25) is 4.79 Å². The second-order valence-electron chi connectivity index (χ2n) is 6.56. The van der Waals surface area contributed by atoms with Crippen LogP contribution < -0.4 is 15.4 Å². The van der Waals surface area contributed by atoms with Crippen LogP contribution in [0.3, 0.4) is 0 Å². The van der Waals surface area contributed by atoms with E-state index in [1.54, 1.807) is 23.9 Å². The number of pyridine rings is 1. The summed E-state index contributed by atoms with van der Waals surface area (Å²) in [5, 5.41) is 9.79. The van der Waals surface area contributed by atoms with Crippen LogP contribution in [0, 0.1) is 13.8 Å². The molecule has 1 aromatic carbocycles. The minimum Gasteiger partial charge on any atom is -0.466 e. The number of hydrogen-bond acceptors (Lipinski definition) is 5. The summed E-state index contributed by atoms with van der Waals surface area (Å²) in [7, 11) is 1.73. The summed E-state index contributed by atoms with van der Waals surface area (Å²) in [4.78, 5) is 16.7. The van der Waals surface area contributed by atoms with Crippen molar-refractivity contribution in [3.63, 3.8) is 0 Å². The second kappa shape index (κ2) is 7.98. The zero-order valence-corrected chi connectivity index (χ0v) is 16.1. The second-order valence-corrected chi connectivity index (χ2v) is 6.56. The zero-order valence-electron chi connectivity index (χ0n) is 16.1. The molecule has 0 aliphatic rings. The fraction of sp³-hybridized carbons (Fsp3) is 0.316. The molecule has 0 saturated heterocycles. The molecule has 1 amide bonds. The average molecular weight is 407 g/mol. The third kappa shape index (κ3) is 4.95. The van der Waals surface area contributed by atoms with Crippen molar-refractivity contribution >= 4 is 28.3 Å². The van der Waals surface area contributed by atoms with Crippen LogP contribution in [0.1, 0.15) is 11.3 Å². The first-order valence-electron chi connectivity index (χ1n) is 8.77. The normalized spacial score (nSPS) is 11.5. The van der Waals surface area contributed by atoms with Crippen LogP contribution in [-0.4, -0.2) is 40.0 Å². The Bertz CT molecular complexity index is 1050. The molecule has 2 N–H and O–H groups in total. The van der Waals surface area contributed by atoms with Crippen LogP contribution in [0.15, 0.2) is 30.3 Å². The van der Waals surface area contributed by atoms with E-state index in [0.29, 0.717) is 11.0 Å². The molecule has 10 heteroatoms. The van der Waals surface area contributed by atoms with Gasteiger partial charge < -0.3 is 15.4 Å². The van der Waals surface area contributed by atoms with Gasteiger partial charge in [-0.05, 0) is 37.6 Å². The van der Waals surface area contributed by atoms with E-state index >= 15 is 0 Å². The highest BCUT2D eigenvalue weighted by Crippen LogP contribution is 2.27. The lowest BCUT2D eigenvalue weighted by molar-refractivity contribution is -0.118. The number of nitrogens with zero attached hydrogens (tertiary/aromatic N) is 3. The van der Waals surface area contributed by atoms with Gasteiger partial charge in [0.25, 0.3) is 5.91 Å². The van der Waals surface area contributed by atoms with Crippen LogP contribution in [0.25, 0.3) is 11.0 Å². The maximum absolute atomic E-state index is 12.4. The van der Waals surface area contributed by atoms with E-state index in [-0.39, 0.29) is 23.9 Å². The van der Waals surface area contributed by atoms with E-state index in [0.717, 1.165) is 11.3 Å². The molecule has 0 radical (unpaired) electrons. The summed E-state index contributed by atoms with van der Waals surface area (Å²) < 4.78 is 44.5. The Morgan fingerprint density at radius 1 is 1.21 bits per heavy atom. The van der Waals surface area contributed by atoms with E-state index in [9.17, 15) is 18.0 Å². The van der Waals surface area contributed by atoms with Crippen LogP contribution in [-0.2, 0) is 11.8 Å². The van der Waals surface area contributed by atoms with E-state index in [1.807, 2.05) is 19.9 Å². The molecule has 154 valence electrons. The summed E-state index contributed by atoms with van der Waals surface area (Å²) in [5.74, 6) is -0.256. The smallest absolute Gasteiger partial charge is 0.405 e. The van der Waals surface area contributed by atoms with E-state index < -0.39 is 18.6 Å². The van der Waals surface area contributed by atoms with Gasteiger partial charge in [-0.1, -0.05) is 12.1 Å². The molecule has 0 aliphatic heterocycles. The van der Waals surface area contributed by atoms with Crippen LogP contribution in [0.4, 0.5) is 24.5 Å². The number of aryl methyl sites for hydroxylation is 3. The van der Waals surface area contributed by atoms with Crippen molar-refractivity contribution in [2.45, 2.75) is 20.0 Å². The Hall–Kier alpha value is -3.30. The topological polar surface area (TPSA) is 81.1 Å². The molecule has 3 rings (SSSR count). The van der Waals surface area contributed by atoms with Crippen molar-refractivity contribution < 1.29 is 22.7 Å². The molecule has 0 fully saturated rings. The maximum atomic E-state index is 12.4. The van der Waals surface area contributed by atoms with Crippen molar-refractivity contribution in [2.24, 2.45) is 7.05 Å². The predicted octanol–water partition coefficient (Wildman–Crippen LogP) is 3.58. The van der Waals surface area contributed by atoms with Gasteiger partial charge in [-0.25, -0.2) is 9.67 Å². The third-order valence-electron chi connectivity index (χ3n) is 4.11. The Balaban J connectivity index is 1.69. The molecular weight excluding hydrogens is 387 g/mol. The summed E-state index contributed by atoms with van der Waals surface area (Å²) in [6.45, 7) is 2.21. The first-order valence-corrected chi connectivity index (χ1v) is 8.77. The van der Waals surface area contributed by atoms with Gasteiger partial charge in [-0.15, -0.1) is 5.10 Å². The highest BCUT2D eigenvalue weighted by Gasteiger charge is 2.27. The molecule has 0 spiro atoms. The molecule has 0 aliphatic carbocycles. The molecule has 0 unspecified atom stereocenters. The number of nitrogens with one attached hydrogen (secondary N) is 2. The number of benzene rings is 1. The number of halogens is 3. The first-order chi connectivity index (χ1) is 13.6. The van der Waals surface area contributed by atoms with Gasteiger partial charge in [0.15, 0.2) is 12.3 Å². The maximum Gasteiger partial charge on any atom is 0.405 e. The molecule has 7 nitrogen and oxygen atoms in total. The molecule has 29 heavy (non-hydrogen) atoms. The van der Waals surface area contributed by atoms with Crippen molar-refractivity contribution in [3.05, 3.63) is 41.6 Å². The Kier molecular flexibility index (Phi) is 5.62. The minimum absolute atomic E-state index is 0.164. The predicted molar refractivity (Wildman–Crippen MR) is 103 cm³/mol. The number of amides is 1. The van der Waals surface area contributed by atoms with Gasteiger partial charge in [-0.2, -0.15) is 13.2 Å². The van der Waals surface area contributed by atoms with Gasteiger partial charge in [0.05, 0.1) is 16.8 Å². The van der Waals surface area contributed by atoms with Crippen molar-refractivity contribution in [3.8, 4) is 5.88 Å². The Labute approximate surface area is 164 Å². The summed E-state index contributed by atoms with van der Waals surface area (Å²) in [6, 6.07) is 8.02. The van der Waals surface area contributed by atoms with E-state index in [2.05, 4.69) is 20.7 Å². The number of aromatic nitrogens is 3. The third-order valence-corrected chi connectivity index (χ3v) is 4.11. The number of para-hydroxylation sites is 2. The number of hydrogen-bond donors (Lipinski definition) is 2. The lowest BCUT2D eigenvalue weighted by Crippen LogP contribution is -2.24.